The molecule has 0 saturated carbocycles. The summed E-state index contributed by atoms with van der Waals surface area (Å²) in [6.45, 7) is 6.22. The number of aryl methyl sites for hydroxylation is 1. The number of hydrogen-bond acceptors (Lipinski definition) is 9. The number of nitrogens with one attached hydrogen (secondary N) is 1. The van der Waals surface area contributed by atoms with Crippen LogP contribution in [0, 0.1) is 6.92 Å². The Hall–Kier alpha value is -2.62. The lowest BCUT2D eigenvalue weighted by Crippen LogP contribution is -2.47. The zero-order valence-corrected chi connectivity index (χ0v) is 16.6. The van der Waals surface area contributed by atoms with Crippen LogP contribution in [0.1, 0.15) is 5.82 Å². The molecule has 0 radical (unpaired) electrons. The minimum absolute atomic E-state index is 0.192. The third-order valence-corrected chi connectivity index (χ3v) is 5.55. The summed E-state index contributed by atoms with van der Waals surface area (Å²) in [4.78, 5) is 23.5. The maximum absolute atomic E-state index is 9.09. The van der Waals surface area contributed by atoms with E-state index >= 15 is 0 Å². The lowest BCUT2D eigenvalue weighted by molar-refractivity contribution is 0.188. The number of piperazine rings is 1. The molecule has 2 N–H and O–H groups in total. The monoisotopic (exact) mass is 397 g/mol. The van der Waals surface area contributed by atoms with E-state index in [0.717, 1.165) is 41.8 Å². The minimum atomic E-state index is 0.192. The van der Waals surface area contributed by atoms with Crippen molar-refractivity contribution in [1.29, 1.82) is 0 Å². The molecule has 0 aliphatic carbocycles. The molecule has 1 aromatic carbocycles. The number of thiazole rings is 1. The molecular formula is C19H23N7OS. The van der Waals surface area contributed by atoms with E-state index in [2.05, 4.69) is 47.2 Å². The lowest BCUT2D eigenvalue weighted by Gasteiger charge is -2.34. The second-order valence-corrected chi connectivity index (χ2v) is 7.61. The van der Waals surface area contributed by atoms with Crippen molar-refractivity contribution in [3.8, 4) is 10.4 Å². The van der Waals surface area contributed by atoms with Crippen molar-refractivity contribution in [2.24, 2.45) is 0 Å². The molecule has 2 aromatic heterocycles. The molecule has 28 heavy (non-hydrogen) atoms. The highest BCUT2D eigenvalue weighted by Gasteiger charge is 2.20. The van der Waals surface area contributed by atoms with Crippen molar-refractivity contribution in [2.45, 2.75) is 6.92 Å². The van der Waals surface area contributed by atoms with E-state index in [1.165, 1.54) is 0 Å². The fourth-order valence-electron chi connectivity index (χ4n) is 3.14. The van der Waals surface area contributed by atoms with Gasteiger partial charge in [-0.15, -0.1) is 0 Å². The van der Waals surface area contributed by atoms with Crippen molar-refractivity contribution in [1.82, 2.24) is 24.8 Å². The summed E-state index contributed by atoms with van der Waals surface area (Å²) in [5.74, 6) is 1.86. The van der Waals surface area contributed by atoms with Crippen LogP contribution < -0.4 is 10.2 Å². The van der Waals surface area contributed by atoms with Crippen LogP contribution in [0.25, 0.3) is 10.4 Å². The summed E-state index contributed by atoms with van der Waals surface area (Å²) in [6.07, 6.45) is 1.86. The van der Waals surface area contributed by atoms with Crippen molar-refractivity contribution < 1.29 is 5.11 Å². The van der Waals surface area contributed by atoms with Crippen LogP contribution in [-0.4, -0.2) is 69.3 Å². The van der Waals surface area contributed by atoms with E-state index in [0.29, 0.717) is 24.3 Å². The van der Waals surface area contributed by atoms with E-state index in [-0.39, 0.29) is 6.61 Å². The van der Waals surface area contributed by atoms with E-state index in [4.69, 9.17) is 5.11 Å². The second kappa shape index (κ2) is 8.59. The van der Waals surface area contributed by atoms with Crippen LogP contribution in [0.5, 0.6) is 0 Å². The average molecular weight is 398 g/mol. The Morgan fingerprint density at radius 1 is 1.07 bits per heavy atom. The largest absolute Gasteiger partial charge is 0.395 e. The van der Waals surface area contributed by atoms with Crippen LogP contribution in [0.4, 0.5) is 17.0 Å². The fraction of sp³-hybridized carbons (Fsp3) is 0.368. The fourth-order valence-corrected chi connectivity index (χ4v) is 3.96. The van der Waals surface area contributed by atoms with E-state index in [1.54, 1.807) is 11.3 Å². The van der Waals surface area contributed by atoms with Gasteiger partial charge in [0.25, 0.3) is 0 Å². The number of aliphatic hydroxyl groups is 1. The summed E-state index contributed by atoms with van der Waals surface area (Å²) < 4.78 is 0. The number of nitrogens with zero attached hydrogens (tertiary/aromatic N) is 6. The maximum Gasteiger partial charge on any atom is 0.234 e. The molecule has 8 nitrogen and oxygen atoms in total. The quantitative estimate of drug-likeness (QED) is 0.654. The molecular weight excluding hydrogens is 374 g/mol. The topological polar surface area (TPSA) is 90.3 Å². The summed E-state index contributed by atoms with van der Waals surface area (Å²) in [7, 11) is 0. The highest BCUT2D eigenvalue weighted by atomic mass is 32.1. The van der Waals surface area contributed by atoms with Gasteiger partial charge >= 0.3 is 0 Å². The standard InChI is InChI=1S/C19H23N7OS/c1-14-21-17(23-18(22-14)26-9-7-25(8-10-26)11-12-27)24-19-20-13-16(28-19)15-5-3-2-4-6-15/h2-6,13,27H,7-12H2,1H3,(H,20,21,22,23,24). The van der Waals surface area contributed by atoms with Gasteiger partial charge in [-0.25, -0.2) is 4.98 Å². The first kappa shape index (κ1) is 18.7. The van der Waals surface area contributed by atoms with Crippen molar-refractivity contribution >= 4 is 28.4 Å². The Balaban J connectivity index is 1.47. The van der Waals surface area contributed by atoms with Gasteiger partial charge in [-0.05, 0) is 12.5 Å². The molecule has 4 rings (SSSR count). The molecule has 146 valence electrons. The molecule has 1 aliphatic rings. The van der Waals surface area contributed by atoms with Crippen LogP contribution >= 0.6 is 11.3 Å². The smallest absolute Gasteiger partial charge is 0.234 e. The Morgan fingerprint density at radius 2 is 1.86 bits per heavy atom. The van der Waals surface area contributed by atoms with Crippen molar-refractivity contribution in [2.75, 3.05) is 49.5 Å². The third-order valence-electron chi connectivity index (χ3n) is 4.59. The molecule has 1 fully saturated rings. The van der Waals surface area contributed by atoms with E-state index in [9.17, 15) is 0 Å². The van der Waals surface area contributed by atoms with Crippen LogP contribution in [-0.2, 0) is 0 Å². The first-order chi connectivity index (χ1) is 13.7. The number of benzene rings is 1. The Labute approximate surface area is 167 Å². The maximum atomic E-state index is 9.09. The molecule has 9 heteroatoms. The number of aromatic nitrogens is 4. The predicted octanol–water partition coefficient (Wildman–Crippen LogP) is 2.16. The van der Waals surface area contributed by atoms with Gasteiger partial charge in [-0.2, -0.15) is 15.0 Å². The van der Waals surface area contributed by atoms with Gasteiger partial charge in [-0.3, -0.25) is 10.2 Å². The minimum Gasteiger partial charge on any atom is -0.395 e. The molecule has 1 aliphatic heterocycles. The normalized spacial score (nSPS) is 15.0. The number of β-amino-alcohol motifs (C(OH)–C–C–N with tert-alkyl or cyclic N) is 1. The number of hydrogen-bond donors (Lipinski definition) is 2. The Morgan fingerprint density at radius 3 is 2.61 bits per heavy atom. The summed E-state index contributed by atoms with van der Waals surface area (Å²) >= 11 is 1.57. The SMILES string of the molecule is Cc1nc(Nc2ncc(-c3ccccc3)s2)nc(N2CCN(CCO)CC2)n1. The molecule has 0 unspecified atom stereocenters. The number of aliphatic hydroxyl groups excluding tert-OH is 1. The summed E-state index contributed by atoms with van der Waals surface area (Å²) in [5, 5.41) is 13.1. The molecule has 1 saturated heterocycles. The zero-order chi connectivity index (χ0) is 19.3. The first-order valence-electron chi connectivity index (χ1n) is 9.30. The highest BCUT2D eigenvalue weighted by molar-refractivity contribution is 7.18. The van der Waals surface area contributed by atoms with Crippen molar-refractivity contribution in [3.63, 3.8) is 0 Å². The van der Waals surface area contributed by atoms with Gasteiger partial charge in [-0.1, -0.05) is 41.7 Å². The van der Waals surface area contributed by atoms with E-state index in [1.807, 2.05) is 31.3 Å². The van der Waals surface area contributed by atoms with Gasteiger partial charge < -0.3 is 10.0 Å². The van der Waals surface area contributed by atoms with Crippen LogP contribution in [0.3, 0.4) is 0 Å². The number of rotatable bonds is 6. The lowest BCUT2D eigenvalue weighted by atomic mass is 10.2. The van der Waals surface area contributed by atoms with Gasteiger partial charge in [0.05, 0.1) is 11.5 Å². The van der Waals surface area contributed by atoms with Gasteiger partial charge in [0.1, 0.15) is 5.82 Å². The Bertz CT molecular complexity index is 910. The highest BCUT2D eigenvalue weighted by Crippen LogP contribution is 2.30. The zero-order valence-electron chi connectivity index (χ0n) is 15.7. The van der Waals surface area contributed by atoms with Crippen LogP contribution in [0.15, 0.2) is 36.5 Å². The molecule has 0 bridgehead atoms. The molecule has 0 spiro atoms. The summed E-state index contributed by atoms with van der Waals surface area (Å²) in [5.41, 5.74) is 1.14. The van der Waals surface area contributed by atoms with Crippen molar-refractivity contribution in [3.05, 3.63) is 42.4 Å². The van der Waals surface area contributed by atoms with E-state index < -0.39 is 0 Å². The predicted molar refractivity (Wildman–Crippen MR) is 111 cm³/mol. The molecule has 3 aromatic rings. The van der Waals surface area contributed by atoms with Gasteiger partial charge in [0, 0.05) is 38.9 Å². The summed E-state index contributed by atoms with van der Waals surface area (Å²) in [6, 6.07) is 10.2. The Kier molecular flexibility index (Phi) is 5.75. The first-order valence-corrected chi connectivity index (χ1v) is 10.1. The molecule has 3 heterocycles. The number of anilines is 3. The van der Waals surface area contributed by atoms with Gasteiger partial charge in [0.2, 0.25) is 11.9 Å². The third kappa shape index (κ3) is 4.44. The van der Waals surface area contributed by atoms with Crippen LogP contribution in [0.2, 0.25) is 0 Å². The second-order valence-electron chi connectivity index (χ2n) is 6.58. The molecule has 0 amide bonds. The molecule has 0 atom stereocenters. The average Bonchev–Trinajstić information content (AvgIpc) is 3.17. The van der Waals surface area contributed by atoms with Gasteiger partial charge in [0.15, 0.2) is 5.13 Å².